The number of nitrogens with one attached hydrogen (secondary N) is 1. The van der Waals surface area contributed by atoms with E-state index < -0.39 is 0 Å². The zero-order chi connectivity index (χ0) is 16.6. The lowest BCUT2D eigenvalue weighted by Gasteiger charge is -2.56. The van der Waals surface area contributed by atoms with Crippen molar-refractivity contribution in [3.05, 3.63) is 24.3 Å². The van der Waals surface area contributed by atoms with E-state index in [-0.39, 0.29) is 11.4 Å². The average Bonchev–Trinajstić information content (AvgIpc) is 2.53. The first-order valence-corrected chi connectivity index (χ1v) is 9.23. The third-order valence-corrected chi connectivity index (χ3v) is 6.10. The Morgan fingerprint density at radius 3 is 2.25 bits per heavy atom. The number of rotatable bonds is 6. The molecule has 4 aliphatic carbocycles. The molecule has 1 amide bonds. The molecule has 4 heteroatoms. The molecule has 4 fully saturated rings. The number of ether oxygens (including phenoxy) is 2. The van der Waals surface area contributed by atoms with Crippen molar-refractivity contribution in [3.8, 4) is 11.5 Å². The molecule has 0 heterocycles. The number of hydrogen-bond donors (Lipinski definition) is 1. The molecule has 0 radical (unpaired) electrons. The van der Waals surface area contributed by atoms with Gasteiger partial charge in [-0.1, -0.05) is 12.1 Å². The van der Waals surface area contributed by atoms with E-state index in [9.17, 15) is 4.79 Å². The second-order valence-electron chi connectivity index (χ2n) is 8.00. The van der Waals surface area contributed by atoms with Crippen molar-refractivity contribution < 1.29 is 14.3 Å². The van der Waals surface area contributed by atoms with Gasteiger partial charge in [-0.2, -0.15) is 0 Å². The molecule has 0 atom stereocenters. The third kappa shape index (κ3) is 3.11. The van der Waals surface area contributed by atoms with E-state index in [2.05, 4.69) is 5.32 Å². The van der Waals surface area contributed by atoms with Crippen LogP contribution in [0.25, 0.3) is 0 Å². The van der Waals surface area contributed by atoms with Crippen LogP contribution >= 0.6 is 0 Å². The smallest absolute Gasteiger partial charge is 0.223 e. The summed E-state index contributed by atoms with van der Waals surface area (Å²) in [5.74, 6) is 4.08. The minimum absolute atomic E-state index is 0.0935. The summed E-state index contributed by atoms with van der Waals surface area (Å²) in [6, 6.07) is 7.56. The summed E-state index contributed by atoms with van der Waals surface area (Å²) in [5, 5.41) is 3.39. The van der Waals surface area contributed by atoms with Gasteiger partial charge < -0.3 is 14.8 Å². The van der Waals surface area contributed by atoms with Gasteiger partial charge in [-0.3, -0.25) is 4.79 Å². The van der Waals surface area contributed by atoms with Crippen LogP contribution in [-0.2, 0) is 4.79 Å². The second kappa shape index (κ2) is 6.30. The minimum atomic E-state index is 0.0935. The SMILES string of the molecule is COc1ccccc1OCCC(=O)NC12CC3CC(CC(C3)C1)C2. The quantitative estimate of drug-likeness (QED) is 0.868. The molecule has 0 aliphatic heterocycles. The van der Waals surface area contributed by atoms with Crippen molar-refractivity contribution in [2.45, 2.75) is 50.5 Å². The van der Waals surface area contributed by atoms with Crippen molar-refractivity contribution >= 4 is 5.91 Å². The highest BCUT2D eigenvalue weighted by Gasteiger charge is 2.51. The van der Waals surface area contributed by atoms with Gasteiger partial charge in [-0.25, -0.2) is 0 Å². The lowest BCUT2D eigenvalue weighted by atomic mass is 9.53. The molecule has 4 bridgehead atoms. The van der Waals surface area contributed by atoms with E-state index in [1.54, 1.807) is 7.11 Å². The number of hydrogen-bond acceptors (Lipinski definition) is 3. The summed E-state index contributed by atoms with van der Waals surface area (Å²) in [5.41, 5.74) is 0.0935. The summed E-state index contributed by atoms with van der Waals surface area (Å²) in [7, 11) is 1.63. The highest BCUT2D eigenvalue weighted by atomic mass is 16.5. The van der Waals surface area contributed by atoms with E-state index in [4.69, 9.17) is 9.47 Å². The fourth-order valence-electron chi connectivity index (χ4n) is 5.61. The highest BCUT2D eigenvalue weighted by molar-refractivity contribution is 5.77. The molecule has 0 saturated heterocycles. The van der Waals surface area contributed by atoms with E-state index in [1.807, 2.05) is 24.3 Å². The number of carbonyl (C=O) groups excluding carboxylic acids is 1. The molecule has 0 unspecified atom stereocenters. The van der Waals surface area contributed by atoms with Crippen LogP contribution in [0.5, 0.6) is 11.5 Å². The normalized spacial score (nSPS) is 33.3. The second-order valence-corrected chi connectivity index (χ2v) is 8.00. The van der Waals surface area contributed by atoms with Crippen LogP contribution < -0.4 is 14.8 Å². The van der Waals surface area contributed by atoms with E-state index in [1.165, 1.54) is 38.5 Å². The monoisotopic (exact) mass is 329 g/mol. The Morgan fingerprint density at radius 1 is 1.08 bits per heavy atom. The Morgan fingerprint density at radius 2 is 1.67 bits per heavy atom. The van der Waals surface area contributed by atoms with E-state index in [0.29, 0.717) is 24.5 Å². The number of benzene rings is 1. The lowest BCUT2D eigenvalue weighted by molar-refractivity contribution is -0.127. The standard InChI is InChI=1S/C20H27NO3/c1-23-17-4-2-3-5-18(17)24-7-6-19(22)21-20-11-14-8-15(12-20)10-16(9-14)13-20/h2-5,14-16H,6-13H2,1H3,(H,21,22). The predicted molar refractivity (Wildman–Crippen MR) is 92.2 cm³/mol. The van der Waals surface area contributed by atoms with Crippen LogP contribution in [0.1, 0.15) is 44.9 Å². The molecule has 4 saturated carbocycles. The molecule has 0 aromatic heterocycles. The van der Waals surface area contributed by atoms with Crippen LogP contribution in [0, 0.1) is 17.8 Å². The summed E-state index contributed by atoms with van der Waals surface area (Å²) < 4.78 is 11.0. The van der Waals surface area contributed by atoms with Gasteiger partial charge in [-0.15, -0.1) is 0 Å². The molecule has 1 aromatic rings. The van der Waals surface area contributed by atoms with Gasteiger partial charge in [-0.05, 0) is 68.4 Å². The van der Waals surface area contributed by atoms with Crippen LogP contribution in [0.15, 0.2) is 24.3 Å². The van der Waals surface area contributed by atoms with Crippen molar-refractivity contribution in [1.82, 2.24) is 5.32 Å². The van der Waals surface area contributed by atoms with Gasteiger partial charge in [0.1, 0.15) is 0 Å². The first-order chi connectivity index (χ1) is 11.7. The van der Waals surface area contributed by atoms with E-state index in [0.717, 1.165) is 17.8 Å². The Bertz CT molecular complexity index is 577. The van der Waals surface area contributed by atoms with Gasteiger partial charge in [0.05, 0.1) is 20.1 Å². The molecule has 5 rings (SSSR count). The molecular weight excluding hydrogens is 302 g/mol. The molecule has 24 heavy (non-hydrogen) atoms. The average molecular weight is 329 g/mol. The van der Waals surface area contributed by atoms with Crippen molar-refractivity contribution in [2.75, 3.05) is 13.7 Å². The van der Waals surface area contributed by atoms with Crippen LogP contribution in [0.4, 0.5) is 0 Å². The Balaban J connectivity index is 1.30. The molecular formula is C20H27NO3. The first kappa shape index (κ1) is 15.8. The molecule has 1 N–H and O–H groups in total. The first-order valence-electron chi connectivity index (χ1n) is 9.23. The number of methoxy groups -OCH3 is 1. The molecule has 4 aliphatic rings. The maximum Gasteiger partial charge on any atom is 0.223 e. The maximum absolute atomic E-state index is 12.4. The Labute approximate surface area is 143 Å². The van der Waals surface area contributed by atoms with Crippen LogP contribution in [-0.4, -0.2) is 25.2 Å². The number of carbonyl (C=O) groups is 1. The minimum Gasteiger partial charge on any atom is -0.493 e. The largest absolute Gasteiger partial charge is 0.493 e. The van der Waals surface area contributed by atoms with Gasteiger partial charge in [0.15, 0.2) is 11.5 Å². The molecule has 4 nitrogen and oxygen atoms in total. The maximum atomic E-state index is 12.4. The number of amides is 1. The molecule has 1 aromatic carbocycles. The van der Waals surface area contributed by atoms with Crippen LogP contribution in [0.2, 0.25) is 0 Å². The van der Waals surface area contributed by atoms with Crippen molar-refractivity contribution in [1.29, 1.82) is 0 Å². The van der Waals surface area contributed by atoms with Gasteiger partial charge in [0.25, 0.3) is 0 Å². The summed E-state index contributed by atoms with van der Waals surface area (Å²) in [6.07, 6.45) is 8.16. The predicted octanol–water partition coefficient (Wildman–Crippen LogP) is 3.55. The van der Waals surface area contributed by atoms with Crippen molar-refractivity contribution in [2.24, 2.45) is 17.8 Å². The van der Waals surface area contributed by atoms with Gasteiger partial charge in [0.2, 0.25) is 5.91 Å². The fourth-order valence-corrected chi connectivity index (χ4v) is 5.61. The van der Waals surface area contributed by atoms with Crippen molar-refractivity contribution in [3.63, 3.8) is 0 Å². The lowest BCUT2D eigenvalue weighted by Crippen LogP contribution is -2.59. The summed E-state index contributed by atoms with van der Waals surface area (Å²) in [6.45, 7) is 0.387. The Hall–Kier alpha value is -1.71. The summed E-state index contributed by atoms with van der Waals surface area (Å²) >= 11 is 0. The van der Waals surface area contributed by atoms with Gasteiger partial charge >= 0.3 is 0 Å². The zero-order valence-electron chi connectivity index (χ0n) is 14.4. The number of para-hydroxylation sites is 2. The highest BCUT2D eigenvalue weighted by Crippen LogP contribution is 2.55. The summed E-state index contributed by atoms with van der Waals surface area (Å²) in [4.78, 5) is 12.4. The molecule has 130 valence electrons. The van der Waals surface area contributed by atoms with Crippen LogP contribution in [0.3, 0.4) is 0 Å². The molecule has 0 spiro atoms. The van der Waals surface area contributed by atoms with E-state index >= 15 is 0 Å². The fraction of sp³-hybridized carbons (Fsp3) is 0.650. The third-order valence-electron chi connectivity index (χ3n) is 6.10. The van der Waals surface area contributed by atoms with Gasteiger partial charge in [0, 0.05) is 5.54 Å². The zero-order valence-corrected chi connectivity index (χ0v) is 14.4. The Kier molecular flexibility index (Phi) is 4.15. The topological polar surface area (TPSA) is 47.6 Å².